The minimum atomic E-state index is 0.782. The molecule has 0 fully saturated rings. The van der Waals surface area contributed by atoms with Gasteiger partial charge >= 0.3 is 0 Å². The Balaban J connectivity index is 2.71. The Morgan fingerprint density at radius 3 is 2.83 bits per heavy atom. The van der Waals surface area contributed by atoms with Gasteiger partial charge in [0.25, 0.3) is 0 Å². The fourth-order valence-corrected chi connectivity index (χ4v) is 1.39. The molecule has 0 aliphatic rings. The lowest BCUT2D eigenvalue weighted by Crippen LogP contribution is -1.85. The fourth-order valence-electron chi connectivity index (χ4n) is 0.734. The minimum Gasteiger partial charge on any atom is -0.398 e. The number of thioether (sulfide) groups is 1. The molecule has 0 saturated carbocycles. The van der Waals surface area contributed by atoms with Crippen molar-refractivity contribution in [2.75, 3.05) is 5.73 Å². The Hall–Kier alpha value is -1.33. The van der Waals surface area contributed by atoms with Gasteiger partial charge in [0.05, 0.1) is 0 Å². The molecule has 1 aromatic rings. The second-order valence-electron chi connectivity index (χ2n) is 2.13. The van der Waals surface area contributed by atoms with Crippen LogP contribution in [0.25, 0.3) is 0 Å². The van der Waals surface area contributed by atoms with Gasteiger partial charge in [0.15, 0.2) is 0 Å². The molecule has 0 aliphatic heterocycles. The molecule has 0 amide bonds. The maximum Gasteiger partial charge on any atom is 0.0455 e. The third kappa shape index (κ3) is 2.37. The van der Waals surface area contributed by atoms with Crippen LogP contribution >= 0.6 is 11.8 Å². The summed E-state index contributed by atoms with van der Waals surface area (Å²) in [5, 5.41) is 1.84. The van der Waals surface area contributed by atoms with E-state index in [4.69, 9.17) is 12.2 Å². The summed E-state index contributed by atoms with van der Waals surface area (Å²) in [6.45, 7) is 0. The lowest BCUT2D eigenvalue weighted by molar-refractivity contribution is 1.47. The topological polar surface area (TPSA) is 26.0 Å². The predicted octanol–water partition coefficient (Wildman–Crippen LogP) is 2.51. The van der Waals surface area contributed by atoms with Crippen molar-refractivity contribution in [3.63, 3.8) is 0 Å². The molecule has 0 saturated heterocycles. The number of allylic oxidation sites excluding steroid dienone is 1. The van der Waals surface area contributed by atoms with E-state index in [1.165, 1.54) is 11.8 Å². The second kappa shape index (κ2) is 4.53. The van der Waals surface area contributed by atoms with Crippen LogP contribution in [0.5, 0.6) is 0 Å². The van der Waals surface area contributed by atoms with Crippen molar-refractivity contribution in [1.29, 1.82) is 0 Å². The summed E-state index contributed by atoms with van der Waals surface area (Å²) in [5.74, 6) is 2.42. The third-order valence-electron chi connectivity index (χ3n) is 1.28. The Kier molecular flexibility index (Phi) is 3.31. The zero-order chi connectivity index (χ0) is 8.81. The van der Waals surface area contributed by atoms with E-state index in [9.17, 15) is 0 Å². The first kappa shape index (κ1) is 8.76. The highest BCUT2D eigenvalue weighted by Crippen LogP contribution is 2.24. The lowest BCUT2D eigenvalue weighted by Gasteiger charge is -1.98. The van der Waals surface area contributed by atoms with E-state index in [-0.39, 0.29) is 0 Å². The predicted molar refractivity (Wildman–Crippen MR) is 54.7 cm³/mol. The molecular formula is C10H9NS. The Morgan fingerprint density at radius 1 is 1.42 bits per heavy atom. The first-order valence-corrected chi connectivity index (χ1v) is 4.35. The molecule has 2 heteroatoms. The van der Waals surface area contributed by atoms with Crippen molar-refractivity contribution in [2.24, 2.45) is 0 Å². The van der Waals surface area contributed by atoms with E-state index in [1.807, 2.05) is 29.7 Å². The molecule has 0 atom stereocenters. The standard InChI is InChI=1S/C10H9NS/c1-2-3-8-12-10-7-5-4-6-9(10)11/h1,3-8H,11H2. The first-order chi connectivity index (χ1) is 5.84. The maximum absolute atomic E-state index is 5.70. The second-order valence-corrected chi connectivity index (χ2v) is 3.07. The van der Waals surface area contributed by atoms with Gasteiger partial charge in [-0.25, -0.2) is 0 Å². The summed E-state index contributed by atoms with van der Waals surface area (Å²) in [4.78, 5) is 1.03. The molecule has 0 aliphatic carbocycles. The Bertz CT molecular complexity index is 323. The summed E-state index contributed by atoms with van der Waals surface area (Å²) in [6.07, 6.45) is 6.70. The molecule has 1 nitrogen and oxygen atoms in total. The van der Waals surface area contributed by atoms with Crippen LogP contribution in [0, 0.1) is 12.3 Å². The zero-order valence-corrected chi connectivity index (χ0v) is 7.34. The summed E-state index contributed by atoms with van der Waals surface area (Å²) >= 11 is 1.52. The van der Waals surface area contributed by atoms with Gasteiger partial charge in [-0.05, 0) is 23.6 Å². The van der Waals surface area contributed by atoms with Crippen LogP contribution in [-0.2, 0) is 0 Å². The van der Waals surface area contributed by atoms with Crippen molar-refractivity contribution in [2.45, 2.75) is 4.90 Å². The van der Waals surface area contributed by atoms with Crippen molar-refractivity contribution in [1.82, 2.24) is 0 Å². The van der Waals surface area contributed by atoms with Crippen molar-refractivity contribution < 1.29 is 0 Å². The van der Waals surface area contributed by atoms with Crippen molar-refractivity contribution in [3.8, 4) is 12.3 Å². The highest BCUT2D eigenvalue weighted by molar-refractivity contribution is 8.02. The molecule has 0 aromatic heterocycles. The molecular weight excluding hydrogens is 166 g/mol. The van der Waals surface area contributed by atoms with E-state index < -0.39 is 0 Å². The number of rotatable bonds is 2. The Morgan fingerprint density at radius 2 is 2.17 bits per heavy atom. The molecule has 1 aromatic carbocycles. The summed E-state index contributed by atoms with van der Waals surface area (Å²) in [6, 6.07) is 7.68. The van der Waals surface area contributed by atoms with Gasteiger partial charge < -0.3 is 5.73 Å². The molecule has 12 heavy (non-hydrogen) atoms. The van der Waals surface area contributed by atoms with Crippen molar-refractivity contribution in [3.05, 3.63) is 35.7 Å². The van der Waals surface area contributed by atoms with Crippen LogP contribution in [0.3, 0.4) is 0 Å². The van der Waals surface area contributed by atoms with Crippen molar-refractivity contribution >= 4 is 17.4 Å². The number of hydrogen-bond donors (Lipinski definition) is 1. The average molecular weight is 175 g/mol. The smallest absolute Gasteiger partial charge is 0.0455 e. The lowest BCUT2D eigenvalue weighted by atomic mass is 10.3. The highest BCUT2D eigenvalue weighted by atomic mass is 32.2. The number of para-hydroxylation sites is 1. The molecule has 0 heterocycles. The fraction of sp³-hybridized carbons (Fsp3) is 0. The normalized spacial score (nSPS) is 9.92. The summed E-state index contributed by atoms with van der Waals surface area (Å²) < 4.78 is 0. The molecule has 2 N–H and O–H groups in total. The quantitative estimate of drug-likeness (QED) is 0.424. The van der Waals surface area contributed by atoms with Crippen LogP contribution in [-0.4, -0.2) is 0 Å². The zero-order valence-electron chi connectivity index (χ0n) is 6.53. The van der Waals surface area contributed by atoms with Gasteiger partial charge in [-0.3, -0.25) is 0 Å². The first-order valence-electron chi connectivity index (χ1n) is 3.47. The van der Waals surface area contributed by atoms with Gasteiger partial charge in [0, 0.05) is 10.6 Å². The van der Waals surface area contributed by atoms with Crippen LogP contribution < -0.4 is 5.73 Å². The van der Waals surface area contributed by atoms with E-state index >= 15 is 0 Å². The number of hydrogen-bond acceptors (Lipinski definition) is 2. The SMILES string of the molecule is C#CC=CSc1ccccc1N. The number of anilines is 1. The van der Waals surface area contributed by atoms with Gasteiger partial charge in [-0.2, -0.15) is 0 Å². The molecule has 0 unspecified atom stereocenters. The molecule has 0 bridgehead atoms. The van der Waals surface area contributed by atoms with E-state index in [1.54, 1.807) is 6.08 Å². The summed E-state index contributed by atoms with van der Waals surface area (Å²) in [7, 11) is 0. The van der Waals surface area contributed by atoms with Crippen LogP contribution in [0.2, 0.25) is 0 Å². The Labute approximate surface area is 76.7 Å². The van der Waals surface area contributed by atoms with Crippen LogP contribution in [0.4, 0.5) is 5.69 Å². The van der Waals surface area contributed by atoms with Gasteiger partial charge in [0.2, 0.25) is 0 Å². The van der Waals surface area contributed by atoms with E-state index in [0.717, 1.165) is 10.6 Å². The van der Waals surface area contributed by atoms with Gasteiger partial charge in [-0.1, -0.05) is 29.8 Å². The third-order valence-corrected chi connectivity index (χ3v) is 2.18. The molecule has 60 valence electrons. The molecule has 0 spiro atoms. The maximum atomic E-state index is 5.70. The number of benzene rings is 1. The van der Waals surface area contributed by atoms with Gasteiger partial charge in [0.1, 0.15) is 0 Å². The minimum absolute atomic E-state index is 0.782. The summed E-state index contributed by atoms with van der Waals surface area (Å²) in [5.41, 5.74) is 6.48. The number of nitrogens with two attached hydrogens (primary N) is 1. The van der Waals surface area contributed by atoms with Gasteiger partial charge in [-0.15, -0.1) is 6.42 Å². The molecule has 0 radical (unpaired) electrons. The van der Waals surface area contributed by atoms with Crippen LogP contribution in [0.1, 0.15) is 0 Å². The van der Waals surface area contributed by atoms with E-state index in [2.05, 4.69) is 5.92 Å². The molecule has 1 rings (SSSR count). The highest BCUT2D eigenvalue weighted by Gasteiger charge is 1.93. The van der Waals surface area contributed by atoms with Crippen LogP contribution in [0.15, 0.2) is 40.6 Å². The monoisotopic (exact) mass is 175 g/mol. The largest absolute Gasteiger partial charge is 0.398 e. The average Bonchev–Trinajstić information content (AvgIpc) is 2.09. The number of nitrogen functional groups attached to an aromatic ring is 1. The van der Waals surface area contributed by atoms with E-state index in [0.29, 0.717) is 0 Å². The number of terminal acetylenes is 1.